The molecule has 4 aliphatic carbocycles. The van der Waals surface area contributed by atoms with Crippen molar-refractivity contribution in [3.05, 3.63) is 70.3 Å². The summed E-state index contributed by atoms with van der Waals surface area (Å²) in [5, 5.41) is 0. The molecule has 6 heterocycles. The fourth-order valence-corrected chi connectivity index (χ4v) is 13.2. The quantitative estimate of drug-likeness (QED) is 0.342. The molecule has 10 atom stereocenters. The van der Waals surface area contributed by atoms with Crippen LogP contribution in [-0.4, -0.2) is 89.5 Å². The van der Waals surface area contributed by atoms with Crippen molar-refractivity contribution in [1.29, 1.82) is 0 Å². The third kappa shape index (κ3) is 3.00. The third-order valence-corrected chi connectivity index (χ3v) is 15.0. The van der Waals surface area contributed by atoms with Crippen molar-refractivity contribution in [2.45, 2.75) is 112 Å². The smallest absolute Gasteiger partial charge is 0.184 e. The molecule has 48 heavy (non-hydrogen) atoms. The van der Waals surface area contributed by atoms with Gasteiger partial charge < -0.3 is 35.9 Å². The molecular formula is C39H43BrN2O6. The summed E-state index contributed by atoms with van der Waals surface area (Å²) < 4.78 is 26.9. The van der Waals surface area contributed by atoms with Gasteiger partial charge in [-0.25, -0.2) is 0 Å². The monoisotopic (exact) mass is 714 g/mol. The van der Waals surface area contributed by atoms with E-state index in [0.717, 1.165) is 98.7 Å². The highest BCUT2D eigenvalue weighted by Gasteiger charge is 2.81. The van der Waals surface area contributed by atoms with Crippen molar-refractivity contribution in [1.82, 2.24) is 4.90 Å². The van der Waals surface area contributed by atoms with Gasteiger partial charge in [-0.3, -0.25) is 19.0 Å². The first-order valence-corrected chi connectivity index (χ1v) is 17.9. The number of aryl methyl sites for hydroxylation is 2. The number of quaternary nitrogens is 1. The number of Topliss-reactive ketones (excluding diaryl/α,β-unsaturated/α-hetero) is 2. The van der Waals surface area contributed by atoms with Gasteiger partial charge in [0.2, 0.25) is 0 Å². The average molecular weight is 716 g/mol. The summed E-state index contributed by atoms with van der Waals surface area (Å²) in [7, 11) is 0. The van der Waals surface area contributed by atoms with Crippen LogP contribution in [0.3, 0.4) is 0 Å². The molecular weight excluding hydrogens is 672 g/mol. The molecule has 9 heteroatoms. The van der Waals surface area contributed by atoms with Crippen LogP contribution in [0.1, 0.15) is 71.9 Å². The van der Waals surface area contributed by atoms with Crippen molar-refractivity contribution >= 4 is 11.6 Å². The van der Waals surface area contributed by atoms with Crippen LogP contribution < -0.4 is 26.5 Å². The number of rotatable bonds is 2. The molecule has 8 nitrogen and oxygen atoms in total. The Morgan fingerprint density at radius 1 is 0.854 bits per heavy atom. The molecule has 2 unspecified atom stereocenters. The normalized spacial score (nSPS) is 44.8. The van der Waals surface area contributed by atoms with Crippen molar-refractivity contribution in [3.8, 4) is 11.5 Å². The lowest BCUT2D eigenvalue weighted by Gasteiger charge is -2.60. The highest BCUT2D eigenvalue weighted by atomic mass is 79.9. The number of hydrogen-bond acceptors (Lipinski definition) is 7. The minimum Gasteiger partial charge on any atom is -1.00 e. The van der Waals surface area contributed by atoms with Crippen LogP contribution in [0.15, 0.2) is 36.9 Å². The van der Waals surface area contributed by atoms with Crippen LogP contribution in [0, 0.1) is 13.8 Å². The molecule has 6 aliphatic heterocycles. The fourth-order valence-electron chi connectivity index (χ4n) is 13.2. The highest BCUT2D eigenvalue weighted by Crippen LogP contribution is 2.69. The summed E-state index contributed by atoms with van der Waals surface area (Å²) in [4.78, 5) is 28.1. The standard InChI is InChI=1S/C21H24NO3.C18H19NO3.BrH/c1-3-9-22-10-8-20-17-14-5-4-13(2)18(17)25-19(20)15(23)6-7-21(20,24-12-22)16(22)11-14;1-10-2-3-11-8-13-18-5-4-12(20)16-17(18,14(11)15(10)22-16)6-7-19(13)9-21-18;/h3-5,16,19H,1,6-12H2,2H3;2-3,13,16H,4-9H2,1H3;1H/q+1;;/p-1/t16-,19+,20+,21-,22?;13-,16+,17+,18-;/m11./s1. The maximum Gasteiger partial charge on any atom is 0.184 e. The van der Waals surface area contributed by atoms with E-state index >= 15 is 0 Å². The molecule has 0 aromatic heterocycles. The van der Waals surface area contributed by atoms with Gasteiger partial charge in [-0.05, 0) is 67.9 Å². The predicted molar refractivity (Wildman–Crippen MR) is 172 cm³/mol. The molecule has 0 radical (unpaired) electrons. The van der Waals surface area contributed by atoms with E-state index in [9.17, 15) is 9.59 Å². The molecule has 4 spiro atoms. The van der Waals surface area contributed by atoms with Crippen molar-refractivity contribution < 1.29 is 50.0 Å². The number of ketones is 2. The van der Waals surface area contributed by atoms with Gasteiger partial charge in [0.25, 0.3) is 0 Å². The zero-order chi connectivity index (χ0) is 31.7. The van der Waals surface area contributed by atoms with E-state index in [1.807, 2.05) is 6.08 Å². The molecule has 252 valence electrons. The summed E-state index contributed by atoms with van der Waals surface area (Å²) in [6, 6.07) is 9.68. The molecule has 0 amide bonds. The van der Waals surface area contributed by atoms with Crippen LogP contribution in [0.4, 0.5) is 0 Å². The van der Waals surface area contributed by atoms with E-state index in [0.29, 0.717) is 24.9 Å². The minimum atomic E-state index is -0.345. The van der Waals surface area contributed by atoms with Crippen molar-refractivity contribution in [3.63, 3.8) is 0 Å². The molecule has 2 saturated carbocycles. The number of nitrogens with zero attached hydrogens (tertiary/aromatic N) is 2. The van der Waals surface area contributed by atoms with Gasteiger partial charge in [-0.2, -0.15) is 0 Å². The maximum absolute atomic E-state index is 12.9. The summed E-state index contributed by atoms with van der Waals surface area (Å²) in [6.45, 7) is 12.7. The molecule has 4 saturated heterocycles. The second kappa shape index (κ2) is 9.40. The largest absolute Gasteiger partial charge is 1.00 e. The highest BCUT2D eigenvalue weighted by molar-refractivity contribution is 5.90. The van der Waals surface area contributed by atoms with Gasteiger partial charge in [0.15, 0.2) is 30.5 Å². The Bertz CT molecular complexity index is 1860. The topological polar surface area (TPSA) is 74.3 Å². The lowest BCUT2D eigenvalue weighted by molar-refractivity contribution is -0.947. The number of piperidine rings is 2. The second-order valence-corrected chi connectivity index (χ2v) is 16.4. The van der Waals surface area contributed by atoms with Gasteiger partial charge in [0.05, 0.1) is 23.9 Å². The molecule has 8 bridgehead atoms. The van der Waals surface area contributed by atoms with Crippen LogP contribution >= 0.6 is 0 Å². The van der Waals surface area contributed by atoms with Crippen LogP contribution in [0.5, 0.6) is 11.5 Å². The van der Waals surface area contributed by atoms with Crippen LogP contribution in [-0.2, 0) is 42.7 Å². The van der Waals surface area contributed by atoms with Gasteiger partial charge in [0, 0.05) is 49.4 Å². The maximum atomic E-state index is 12.9. The number of halogens is 1. The van der Waals surface area contributed by atoms with Crippen LogP contribution in [0.2, 0.25) is 0 Å². The second-order valence-electron chi connectivity index (χ2n) is 16.4. The third-order valence-electron chi connectivity index (χ3n) is 15.0. The number of hydrogen-bond donors (Lipinski definition) is 0. The molecule has 10 aliphatic rings. The zero-order valence-electron chi connectivity index (χ0n) is 27.8. The first kappa shape index (κ1) is 30.3. The average Bonchev–Trinajstić information content (AvgIpc) is 3.74. The molecule has 6 fully saturated rings. The Labute approximate surface area is 292 Å². The number of carbonyl (C=O) groups excluding carboxylic acids is 2. The lowest BCUT2D eigenvalue weighted by atomic mass is 9.49. The van der Waals surface area contributed by atoms with E-state index in [1.165, 1.54) is 22.3 Å². The number of ether oxygens (including phenoxy) is 4. The van der Waals surface area contributed by atoms with E-state index in [2.05, 4.69) is 49.6 Å². The number of benzene rings is 2. The minimum absolute atomic E-state index is 0. The molecule has 12 rings (SSSR count). The summed E-state index contributed by atoms with van der Waals surface area (Å²) >= 11 is 0. The fraction of sp³-hybridized carbons (Fsp3) is 0.590. The van der Waals surface area contributed by atoms with Crippen LogP contribution in [0.25, 0.3) is 0 Å². The van der Waals surface area contributed by atoms with Crippen molar-refractivity contribution in [2.75, 3.05) is 33.1 Å². The van der Waals surface area contributed by atoms with Gasteiger partial charge >= 0.3 is 0 Å². The SMILES string of the molecule is C=CC[N+]12CC[C@]34c5c6ccc(C)c5O[C@H]3C(=O)CC[C@@]4(OC1)[C@H]2C6.Cc1ccc2c3c1O[C@H]1C(=O)CC[C@]45OCN(CC[C@]314)[C@@H]5C2.[Br-]. The molecule has 0 N–H and O–H groups in total. The van der Waals surface area contributed by atoms with Gasteiger partial charge in [-0.15, -0.1) is 0 Å². The van der Waals surface area contributed by atoms with Gasteiger partial charge in [0.1, 0.15) is 35.5 Å². The molecule has 2 aromatic carbocycles. The zero-order valence-corrected chi connectivity index (χ0v) is 29.4. The first-order chi connectivity index (χ1) is 22.8. The first-order valence-electron chi connectivity index (χ1n) is 17.9. The summed E-state index contributed by atoms with van der Waals surface area (Å²) in [5.74, 6) is 2.51. The van der Waals surface area contributed by atoms with Crippen molar-refractivity contribution in [2.24, 2.45) is 0 Å². The summed E-state index contributed by atoms with van der Waals surface area (Å²) in [5.41, 5.74) is 6.79. The summed E-state index contributed by atoms with van der Waals surface area (Å²) in [6.07, 6.45) is 8.31. The number of carbonyl (C=O) groups is 2. The Balaban J connectivity index is 0.000000121. The predicted octanol–water partition coefficient (Wildman–Crippen LogP) is 1.13. The Morgan fingerprint density at radius 2 is 1.48 bits per heavy atom. The van der Waals surface area contributed by atoms with Gasteiger partial charge in [-0.1, -0.05) is 30.8 Å². The van der Waals surface area contributed by atoms with E-state index in [4.69, 9.17) is 18.9 Å². The molecule has 2 aromatic rings. The van der Waals surface area contributed by atoms with E-state index in [1.54, 1.807) is 0 Å². The van der Waals surface area contributed by atoms with E-state index in [-0.39, 0.29) is 62.8 Å². The van der Waals surface area contributed by atoms with E-state index < -0.39 is 0 Å². The Hall–Kier alpha value is -2.56. The Kier molecular flexibility index (Phi) is 5.93. The Morgan fingerprint density at radius 3 is 2.15 bits per heavy atom. The lowest BCUT2D eigenvalue weighted by Crippen LogP contribution is -3.00.